The number of aliphatic hydroxyl groups is 1. The van der Waals surface area contributed by atoms with Crippen molar-refractivity contribution in [3.05, 3.63) is 35.4 Å². The average Bonchev–Trinajstić information content (AvgIpc) is 3.11. The molecule has 0 radical (unpaired) electrons. The van der Waals surface area contributed by atoms with Gasteiger partial charge in [-0.3, -0.25) is 0 Å². The molecule has 0 aromatic heterocycles. The van der Waals surface area contributed by atoms with Crippen molar-refractivity contribution in [3.8, 4) is 0 Å². The van der Waals surface area contributed by atoms with Gasteiger partial charge in [-0.25, -0.2) is 0 Å². The zero-order valence-electron chi connectivity index (χ0n) is 9.73. The molecular weight excluding hydrogens is 196 g/mol. The fraction of sp³-hybridized carbons (Fsp3) is 0.600. The summed E-state index contributed by atoms with van der Waals surface area (Å²) >= 11 is 0. The molecule has 3 rings (SSSR count). The summed E-state index contributed by atoms with van der Waals surface area (Å²) in [4.78, 5) is 0. The second-order valence-electron chi connectivity index (χ2n) is 5.48. The molecule has 1 aromatic carbocycles. The summed E-state index contributed by atoms with van der Waals surface area (Å²) < 4.78 is 0. The van der Waals surface area contributed by atoms with Gasteiger partial charge in [0.05, 0.1) is 6.10 Å². The van der Waals surface area contributed by atoms with E-state index in [4.69, 9.17) is 0 Å². The van der Waals surface area contributed by atoms with Gasteiger partial charge < -0.3 is 5.11 Å². The smallest absolute Gasteiger partial charge is 0.0820 e. The largest absolute Gasteiger partial charge is 0.388 e. The van der Waals surface area contributed by atoms with E-state index in [1.165, 1.54) is 43.2 Å². The van der Waals surface area contributed by atoms with Crippen LogP contribution < -0.4 is 0 Å². The van der Waals surface area contributed by atoms with Gasteiger partial charge in [0.2, 0.25) is 0 Å². The minimum absolute atomic E-state index is 0.209. The maximum atomic E-state index is 10.5. The molecule has 86 valence electrons. The Balaban J connectivity index is 1.83. The summed E-state index contributed by atoms with van der Waals surface area (Å²) in [6.45, 7) is 0. The van der Waals surface area contributed by atoms with Gasteiger partial charge in [0, 0.05) is 0 Å². The predicted octanol–water partition coefficient (Wildman–Crippen LogP) is 3.47. The van der Waals surface area contributed by atoms with Gasteiger partial charge in [0.1, 0.15) is 0 Å². The lowest BCUT2D eigenvalue weighted by atomic mass is 9.89. The highest BCUT2D eigenvalue weighted by Gasteiger charge is 2.31. The molecule has 2 aliphatic rings. The third-order valence-corrected chi connectivity index (χ3v) is 4.17. The van der Waals surface area contributed by atoms with Gasteiger partial charge in [-0.2, -0.15) is 0 Å². The molecule has 1 fully saturated rings. The molecule has 0 aliphatic heterocycles. The predicted molar refractivity (Wildman–Crippen MR) is 65.2 cm³/mol. The Morgan fingerprint density at radius 2 is 1.94 bits per heavy atom. The Morgan fingerprint density at radius 3 is 2.75 bits per heavy atom. The van der Waals surface area contributed by atoms with Crippen LogP contribution in [0.25, 0.3) is 0 Å². The zero-order chi connectivity index (χ0) is 11.0. The number of benzene rings is 1. The second-order valence-corrected chi connectivity index (χ2v) is 5.48. The van der Waals surface area contributed by atoms with Gasteiger partial charge in [-0.15, -0.1) is 0 Å². The van der Waals surface area contributed by atoms with E-state index in [1.807, 2.05) is 0 Å². The molecule has 1 saturated carbocycles. The van der Waals surface area contributed by atoms with Crippen LogP contribution in [0.15, 0.2) is 24.3 Å². The summed E-state index contributed by atoms with van der Waals surface area (Å²) in [7, 11) is 0. The molecule has 0 heterocycles. The number of aryl methyl sites for hydroxylation is 1. The quantitative estimate of drug-likeness (QED) is 0.750. The Morgan fingerprint density at radius 1 is 1.12 bits per heavy atom. The molecule has 1 nitrogen and oxygen atoms in total. The highest BCUT2D eigenvalue weighted by Crippen LogP contribution is 2.42. The minimum atomic E-state index is -0.209. The van der Waals surface area contributed by atoms with E-state index in [-0.39, 0.29) is 6.10 Å². The number of rotatable bonds is 2. The van der Waals surface area contributed by atoms with Crippen LogP contribution >= 0.6 is 0 Å². The topological polar surface area (TPSA) is 20.2 Å². The first-order chi connectivity index (χ1) is 7.84. The molecule has 2 atom stereocenters. The summed E-state index contributed by atoms with van der Waals surface area (Å²) in [6, 6.07) is 8.44. The van der Waals surface area contributed by atoms with Crippen molar-refractivity contribution in [2.75, 3.05) is 0 Å². The second kappa shape index (κ2) is 4.21. The first kappa shape index (κ1) is 10.3. The van der Waals surface area contributed by atoms with Crippen molar-refractivity contribution >= 4 is 0 Å². The molecule has 16 heavy (non-hydrogen) atoms. The van der Waals surface area contributed by atoms with Crippen LogP contribution in [0.2, 0.25) is 0 Å². The average molecular weight is 216 g/mol. The Hall–Kier alpha value is -0.820. The van der Waals surface area contributed by atoms with Crippen LogP contribution in [0.4, 0.5) is 0 Å². The Bertz CT molecular complexity index is 367. The van der Waals surface area contributed by atoms with E-state index in [0.717, 1.165) is 12.3 Å². The summed E-state index contributed by atoms with van der Waals surface area (Å²) in [5, 5.41) is 10.5. The van der Waals surface area contributed by atoms with Crippen molar-refractivity contribution < 1.29 is 5.11 Å². The molecule has 1 heteroatoms. The van der Waals surface area contributed by atoms with Crippen LogP contribution in [0.1, 0.15) is 49.3 Å². The van der Waals surface area contributed by atoms with E-state index < -0.39 is 0 Å². The molecule has 2 unspecified atom stereocenters. The first-order valence-corrected chi connectivity index (χ1v) is 6.60. The van der Waals surface area contributed by atoms with E-state index in [9.17, 15) is 5.11 Å². The molecule has 1 aromatic rings. The zero-order valence-corrected chi connectivity index (χ0v) is 9.73. The maximum Gasteiger partial charge on any atom is 0.0820 e. The van der Waals surface area contributed by atoms with E-state index >= 15 is 0 Å². The SMILES string of the molecule is OC1c2ccccc2CCCC1CC1CC1. The van der Waals surface area contributed by atoms with Crippen LogP contribution in [-0.2, 0) is 6.42 Å². The lowest BCUT2D eigenvalue weighted by Gasteiger charge is -2.21. The molecule has 2 aliphatic carbocycles. The molecular formula is C15H20O. The van der Waals surface area contributed by atoms with Crippen molar-refractivity contribution in [1.82, 2.24) is 0 Å². The number of fused-ring (bicyclic) bond motifs is 1. The first-order valence-electron chi connectivity index (χ1n) is 6.60. The lowest BCUT2D eigenvalue weighted by Crippen LogP contribution is -2.12. The van der Waals surface area contributed by atoms with Gasteiger partial charge >= 0.3 is 0 Å². The third-order valence-electron chi connectivity index (χ3n) is 4.17. The molecule has 0 bridgehead atoms. The van der Waals surface area contributed by atoms with Gasteiger partial charge in [-0.1, -0.05) is 37.1 Å². The van der Waals surface area contributed by atoms with Gasteiger partial charge in [0.25, 0.3) is 0 Å². The van der Waals surface area contributed by atoms with Crippen LogP contribution in [0, 0.1) is 11.8 Å². The lowest BCUT2D eigenvalue weighted by molar-refractivity contribution is 0.0963. The third kappa shape index (κ3) is 2.01. The van der Waals surface area contributed by atoms with Gasteiger partial charge in [0.15, 0.2) is 0 Å². The fourth-order valence-corrected chi connectivity index (χ4v) is 3.05. The molecule has 0 amide bonds. The normalized spacial score (nSPS) is 29.6. The van der Waals surface area contributed by atoms with Crippen LogP contribution in [0.5, 0.6) is 0 Å². The summed E-state index contributed by atoms with van der Waals surface area (Å²) in [5.74, 6) is 1.43. The van der Waals surface area contributed by atoms with E-state index in [1.54, 1.807) is 0 Å². The van der Waals surface area contributed by atoms with Crippen LogP contribution in [0.3, 0.4) is 0 Å². The molecule has 1 N–H and O–H groups in total. The fourth-order valence-electron chi connectivity index (χ4n) is 3.05. The molecule has 0 saturated heterocycles. The Labute approximate surface area is 97.5 Å². The highest BCUT2D eigenvalue weighted by molar-refractivity contribution is 5.30. The summed E-state index contributed by atoms with van der Waals surface area (Å²) in [5.41, 5.74) is 2.57. The van der Waals surface area contributed by atoms with Crippen molar-refractivity contribution in [2.24, 2.45) is 11.8 Å². The standard InChI is InChI=1S/C15H20O/c16-15-13(10-11-8-9-11)6-3-5-12-4-1-2-7-14(12)15/h1-2,4,7,11,13,15-16H,3,5-6,8-10H2. The maximum absolute atomic E-state index is 10.5. The van der Waals surface area contributed by atoms with E-state index in [2.05, 4.69) is 24.3 Å². The molecule has 0 spiro atoms. The number of aliphatic hydroxyl groups excluding tert-OH is 1. The van der Waals surface area contributed by atoms with Gasteiger partial charge in [-0.05, 0) is 48.6 Å². The van der Waals surface area contributed by atoms with E-state index in [0.29, 0.717) is 5.92 Å². The minimum Gasteiger partial charge on any atom is -0.388 e. The van der Waals surface area contributed by atoms with Crippen molar-refractivity contribution in [1.29, 1.82) is 0 Å². The monoisotopic (exact) mass is 216 g/mol. The van der Waals surface area contributed by atoms with Crippen molar-refractivity contribution in [2.45, 2.75) is 44.6 Å². The highest BCUT2D eigenvalue weighted by atomic mass is 16.3. The van der Waals surface area contributed by atoms with Crippen molar-refractivity contribution in [3.63, 3.8) is 0 Å². The number of hydrogen-bond acceptors (Lipinski definition) is 1. The summed E-state index contributed by atoms with van der Waals surface area (Å²) in [6.07, 6.45) is 7.41. The van der Waals surface area contributed by atoms with Crippen LogP contribution in [-0.4, -0.2) is 5.11 Å². The number of hydrogen-bond donors (Lipinski definition) is 1. The Kier molecular flexibility index (Phi) is 2.72.